The zero-order valence-electron chi connectivity index (χ0n) is 16.6. The fourth-order valence-electron chi connectivity index (χ4n) is 3.39. The zero-order valence-corrected chi connectivity index (χ0v) is 19.0. The van der Waals surface area contributed by atoms with Gasteiger partial charge < -0.3 is 25.7 Å². The third kappa shape index (κ3) is 6.62. The zero-order chi connectivity index (χ0) is 19.8. The summed E-state index contributed by atoms with van der Waals surface area (Å²) in [4.78, 5) is 22.5. The number of furan rings is 1. The first-order valence-electron chi connectivity index (χ1n) is 9.62. The molecule has 4 N–H and O–H groups in total. The van der Waals surface area contributed by atoms with Crippen LogP contribution in [0.4, 0.5) is 5.82 Å². The lowest BCUT2D eigenvalue weighted by Crippen LogP contribution is -2.40. The summed E-state index contributed by atoms with van der Waals surface area (Å²) in [6.45, 7) is 2.91. The van der Waals surface area contributed by atoms with Crippen molar-refractivity contribution in [2.45, 2.75) is 25.8 Å². The Morgan fingerprint density at radius 1 is 1.31 bits per heavy atom. The Hall–Kier alpha value is -2.30. The molecule has 3 heterocycles. The smallest absolute Gasteiger partial charge is 0.220 e. The Morgan fingerprint density at radius 2 is 2.10 bits per heavy atom. The number of carbonyl (C=O) groups is 1. The van der Waals surface area contributed by atoms with Gasteiger partial charge in [0.25, 0.3) is 0 Å². The highest BCUT2D eigenvalue weighted by Gasteiger charge is 2.24. The van der Waals surface area contributed by atoms with E-state index in [2.05, 4.69) is 31.6 Å². The van der Waals surface area contributed by atoms with E-state index in [4.69, 9.17) is 10.2 Å². The molecule has 158 valence electrons. The van der Waals surface area contributed by atoms with Crippen molar-refractivity contribution in [1.29, 1.82) is 0 Å². The molecule has 9 heteroatoms. The first kappa shape index (κ1) is 23.0. The summed E-state index contributed by atoms with van der Waals surface area (Å²) in [5, 5.41) is 6.63. The number of primary amides is 1. The standard InChI is InChI=1S/C20H28N6O2.HI/c1-22-20(24-10-6-17-5-3-13-28-17)25-14-16-4-2-9-23-19(16)26-11-7-15(8-12-26)18(21)27;/h2-5,9,13,15H,6-8,10-12,14H2,1H3,(H2,21,27)(H2,22,24,25);1H. The normalized spacial score (nSPS) is 14.9. The molecule has 0 aliphatic carbocycles. The van der Waals surface area contributed by atoms with Crippen LogP contribution in [0.1, 0.15) is 24.2 Å². The van der Waals surface area contributed by atoms with Crippen LogP contribution in [0.5, 0.6) is 0 Å². The van der Waals surface area contributed by atoms with Gasteiger partial charge in [-0.3, -0.25) is 9.79 Å². The number of aromatic nitrogens is 1. The Labute approximate surface area is 188 Å². The molecule has 0 radical (unpaired) electrons. The summed E-state index contributed by atoms with van der Waals surface area (Å²) in [5.41, 5.74) is 6.53. The lowest BCUT2D eigenvalue weighted by Gasteiger charge is -2.32. The molecule has 0 atom stereocenters. The van der Waals surface area contributed by atoms with Crippen LogP contribution in [-0.2, 0) is 17.8 Å². The first-order valence-corrected chi connectivity index (χ1v) is 9.62. The summed E-state index contributed by atoms with van der Waals surface area (Å²) in [6, 6.07) is 7.84. The molecule has 2 aromatic rings. The van der Waals surface area contributed by atoms with Crippen molar-refractivity contribution in [3.8, 4) is 0 Å². The van der Waals surface area contributed by atoms with Crippen LogP contribution in [0.3, 0.4) is 0 Å². The summed E-state index contributed by atoms with van der Waals surface area (Å²) in [7, 11) is 1.75. The molecule has 1 aliphatic rings. The summed E-state index contributed by atoms with van der Waals surface area (Å²) in [5.74, 6) is 2.39. The summed E-state index contributed by atoms with van der Waals surface area (Å²) in [6.07, 6.45) is 5.82. The molecule has 3 rings (SSSR count). The van der Waals surface area contributed by atoms with Crippen molar-refractivity contribution < 1.29 is 9.21 Å². The highest BCUT2D eigenvalue weighted by molar-refractivity contribution is 14.0. The number of halogens is 1. The van der Waals surface area contributed by atoms with Gasteiger partial charge in [-0.05, 0) is 31.0 Å². The highest BCUT2D eigenvalue weighted by atomic mass is 127. The van der Waals surface area contributed by atoms with Crippen LogP contribution in [0.2, 0.25) is 0 Å². The predicted octanol–water partition coefficient (Wildman–Crippen LogP) is 1.90. The van der Waals surface area contributed by atoms with Gasteiger partial charge in [0.15, 0.2) is 5.96 Å². The number of hydrogen-bond acceptors (Lipinski definition) is 5. The van der Waals surface area contributed by atoms with Gasteiger partial charge in [0.1, 0.15) is 11.6 Å². The number of amides is 1. The van der Waals surface area contributed by atoms with Crippen LogP contribution in [0.25, 0.3) is 0 Å². The van der Waals surface area contributed by atoms with E-state index in [-0.39, 0.29) is 35.8 Å². The molecule has 1 fully saturated rings. The average molecular weight is 512 g/mol. The molecular formula is C20H29IN6O2. The molecule has 1 amide bonds. The molecular weight excluding hydrogens is 483 g/mol. The number of hydrogen-bond donors (Lipinski definition) is 3. The van der Waals surface area contributed by atoms with E-state index in [9.17, 15) is 4.79 Å². The molecule has 8 nitrogen and oxygen atoms in total. The van der Waals surface area contributed by atoms with Crippen molar-refractivity contribution in [3.63, 3.8) is 0 Å². The van der Waals surface area contributed by atoms with Gasteiger partial charge in [-0.1, -0.05) is 6.07 Å². The van der Waals surface area contributed by atoms with Gasteiger partial charge in [-0.15, -0.1) is 24.0 Å². The number of guanidine groups is 1. The molecule has 1 saturated heterocycles. The second-order valence-corrected chi connectivity index (χ2v) is 6.83. The number of nitrogens with zero attached hydrogens (tertiary/aromatic N) is 3. The molecule has 2 aromatic heterocycles. The fraction of sp³-hybridized carbons (Fsp3) is 0.450. The Balaban J connectivity index is 0.00000300. The molecule has 0 unspecified atom stereocenters. The first-order chi connectivity index (χ1) is 13.7. The number of anilines is 1. The highest BCUT2D eigenvalue weighted by Crippen LogP contribution is 2.24. The van der Waals surface area contributed by atoms with Crippen LogP contribution in [0, 0.1) is 5.92 Å². The van der Waals surface area contributed by atoms with Crippen molar-refractivity contribution in [3.05, 3.63) is 48.0 Å². The maximum Gasteiger partial charge on any atom is 0.220 e. The number of aliphatic imine (C=N–C) groups is 1. The van der Waals surface area contributed by atoms with Crippen LogP contribution >= 0.6 is 24.0 Å². The van der Waals surface area contributed by atoms with E-state index in [0.717, 1.165) is 62.0 Å². The lowest BCUT2D eigenvalue weighted by molar-refractivity contribution is -0.122. The molecule has 0 bridgehead atoms. The van der Waals surface area contributed by atoms with Crippen LogP contribution in [-0.4, -0.2) is 43.5 Å². The van der Waals surface area contributed by atoms with Crippen LogP contribution < -0.4 is 21.3 Å². The van der Waals surface area contributed by atoms with E-state index in [1.807, 2.05) is 18.2 Å². The lowest BCUT2D eigenvalue weighted by atomic mass is 9.96. The Morgan fingerprint density at radius 3 is 2.76 bits per heavy atom. The number of piperidine rings is 1. The Bertz CT molecular complexity index is 788. The van der Waals surface area contributed by atoms with E-state index < -0.39 is 0 Å². The van der Waals surface area contributed by atoms with Gasteiger partial charge in [0, 0.05) is 57.3 Å². The number of pyridine rings is 1. The van der Waals surface area contributed by atoms with Gasteiger partial charge in [-0.25, -0.2) is 4.98 Å². The summed E-state index contributed by atoms with van der Waals surface area (Å²) >= 11 is 0. The van der Waals surface area contributed by atoms with Crippen molar-refractivity contribution >= 4 is 41.7 Å². The van der Waals surface area contributed by atoms with E-state index in [1.165, 1.54) is 0 Å². The minimum absolute atomic E-state index is 0. The van der Waals surface area contributed by atoms with Crippen molar-refractivity contribution in [2.24, 2.45) is 16.6 Å². The maximum atomic E-state index is 11.4. The number of rotatable bonds is 7. The predicted molar refractivity (Wildman–Crippen MR) is 124 cm³/mol. The van der Waals surface area contributed by atoms with Gasteiger partial charge in [0.05, 0.1) is 6.26 Å². The van der Waals surface area contributed by atoms with Gasteiger partial charge >= 0.3 is 0 Å². The number of nitrogens with two attached hydrogens (primary N) is 1. The SMILES string of the molecule is CN=C(NCCc1ccco1)NCc1cccnc1N1CCC(C(N)=O)CC1.I. The third-order valence-electron chi connectivity index (χ3n) is 4.98. The average Bonchev–Trinajstić information content (AvgIpc) is 3.24. The largest absolute Gasteiger partial charge is 0.469 e. The van der Waals surface area contributed by atoms with Crippen molar-refractivity contribution in [1.82, 2.24) is 15.6 Å². The molecule has 1 aliphatic heterocycles. The fourth-order valence-corrected chi connectivity index (χ4v) is 3.39. The maximum absolute atomic E-state index is 11.4. The van der Waals surface area contributed by atoms with Crippen molar-refractivity contribution in [2.75, 3.05) is 31.6 Å². The second kappa shape index (κ2) is 11.6. The third-order valence-corrected chi connectivity index (χ3v) is 4.98. The second-order valence-electron chi connectivity index (χ2n) is 6.83. The topological polar surface area (TPSA) is 109 Å². The van der Waals surface area contributed by atoms with Crippen LogP contribution in [0.15, 0.2) is 46.1 Å². The molecule has 0 saturated carbocycles. The number of carbonyl (C=O) groups excluding carboxylic acids is 1. The number of nitrogens with one attached hydrogen (secondary N) is 2. The quantitative estimate of drug-likeness (QED) is 0.297. The minimum Gasteiger partial charge on any atom is -0.469 e. The van der Waals surface area contributed by atoms with E-state index >= 15 is 0 Å². The monoisotopic (exact) mass is 512 g/mol. The minimum atomic E-state index is -0.202. The Kier molecular flexibility index (Phi) is 9.23. The molecule has 29 heavy (non-hydrogen) atoms. The van der Waals surface area contributed by atoms with Gasteiger partial charge in [0.2, 0.25) is 5.91 Å². The summed E-state index contributed by atoms with van der Waals surface area (Å²) < 4.78 is 5.34. The molecule has 0 aromatic carbocycles. The van der Waals surface area contributed by atoms with Gasteiger partial charge in [-0.2, -0.15) is 0 Å². The molecule has 0 spiro atoms. The van der Waals surface area contributed by atoms with E-state index in [1.54, 1.807) is 19.5 Å². The van der Waals surface area contributed by atoms with E-state index in [0.29, 0.717) is 6.54 Å².